The predicted octanol–water partition coefficient (Wildman–Crippen LogP) is -0.838. The van der Waals surface area contributed by atoms with Crippen LogP contribution in [0.5, 0.6) is 0 Å². The number of ether oxygens (including phenoxy) is 1. The number of methoxy groups -OCH3 is 1. The summed E-state index contributed by atoms with van der Waals surface area (Å²) in [6.07, 6.45) is 0. The van der Waals surface area contributed by atoms with Crippen molar-refractivity contribution in [1.29, 1.82) is 0 Å². The molecule has 15 heavy (non-hydrogen) atoms. The third kappa shape index (κ3) is 1.73. The molecule has 7 nitrogen and oxygen atoms in total. The number of nitrogen functional groups attached to an aromatic ring is 1. The number of nitrogens with zero attached hydrogens (tertiary/aromatic N) is 1. The molecule has 1 aliphatic heterocycles. The molecule has 0 bridgehead atoms. The van der Waals surface area contributed by atoms with Gasteiger partial charge in [0.05, 0.1) is 13.2 Å². The van der Waals surface area contributed by atoms with Gasteiger partial charge in [0.1, 0.15) is 11.4 Å². The van der Waals surface area contributed by atoms with E-state index in [9.17, 15) is 4.79 Å². The van der Waals surface area contributed by atoms with E-state index in [4.69, 9.17) is 5.73 Å². The fourth-order valence-electron chi connectivity index (χ4n) is 1.35. The Hall–Kier alpha value is -1.76. The van der Waals surface area contributed by atoms with Gasteiger partial charge < -0.3 is 21.1 Å². The van der Waals surface area contributed by atoms with Gasteiger partial charge >= 0.3 is 5.97 Å². The van der Waals surface area contributed by atoms with Crippen molar-refractivity contribution in [1.82, 2.24) is 15.5 Å². The molecule has 1 aliphatic rings. The molecule has 1 saturated heterocycles. The summed E-state index contributed by atoms with van der Waals surface area (Å²) in [5, 5.41) is 12.7. The number of esters is 1. The smallest absolute Gasteiger partial charge is 0.345 e. The van der Waals surface area contributed by atoms with E-state index in [2.05, 4.69) is 25.6 Å². The molecule has 1 aromatic rings. The Morgan fingerprint density at radius 3 is 2.93 bits per heavy atom. The Bertz CT molecular complexity index is 371. The van der Waals surface area contributed by atoms with Gasteiger partial charge in [-0.05, 0) is 0 Å². The van der Waals surface area contributed by atoms with Gasteiger partial charge in [-0.3, -0.25) is 5.10 Å². The maximum absolute atomic E-state index is 11.4. The summed E-state index contributed by atoms with van der Waals surface area (Å²) in [5.74, 6) is 0.179. The molecule has 0 amide bonds. The Balaban J connectivity index is 2.18. The number of hydrogen-bond donors (Lipinski definition) is 4. The molecule has 1 aromatic heterocycles. The first-order valence-electron chi connectivity index (χ1n) is 4.61. The number of nitrogens with one attached hydrogen (secondary N) is 3. The van der Waals surface area contributed by atoms with Crippen molar-refractivity contribution in [3.63, 3.8) is 0 Å². The van der Waals surface area contributed by atoms with Crippen LogP contribution in [0.3, 0.4) is 0 Å². The zero-order valence-electron chi connectivity index (χ0n) is 8.33. The zero-order chi connectivity index (χ0) is 10.8. The second kappa shape index (κ2) is 3.77. The zero-order valence-corrected chi connectivity index (χ0v) is 8.33. The molecule has 0 aromatic carbocycles. The molecule has 0 unspecified atom stereocenters. The maximum atomic E-state index is 11.4. The molecule has 2 heterocycles. The van der Waals surface area contributed by atoms with Gasteiger partial charge in [-0.25, -0.2) is 4.79 Å². The molecular formula is C8H13N5O2. The lowest BCUT2D eigenvalue weighted by atomic mass is 10.2. The fraction of sp³-hybridized carbons (Fsp3) is 0.500. The number of aromatic amines is 1. The highest BCUT2D eigenvalue weighted by molar-refractivity contribution is 5.99. The van der Waals surface area contributed by atoms with Crippen molar-refractivity contribution in [2.45, 2.75) is 6.04 Å². The van der Waals surface area contributed by atoms with E-state index in [-0.39, 0.29) is 17.4 Å². The molecule has 5 N–H and O–H groups in total. The SMILES string of the molecule is COC(=O)c1c(NC2CNC2)n[nH]c1N. The molecule has 0 radical (unpaired) electrons. The Morgan fingerprint density at radius 1 is 1.67 bits per heavy atom. The van der Waals surface area contributed by atoms with Crippen LogP contribution in [0, 0.1) is 0 Å². The maximum Gasteiger partial charge on any atom is 0.345 e. The largest absolute Gasteiger partial charge is 0.465 e. The second-order valence-electron chi connectivity index (χ2n) is 3.35. The summed E-state index contributed by atoms with van der Waals surface area (Å²) in [7, 11) is 1.31. The fourth-order valence-corrected chi connectivity index (χ4v) is 1.35. The molecule has 0 spiro atoms. The van der Waals surface area contributed by atoms with Crippen LogP contribution in [0.4, 0.5) is 11.6 Å². The van der Waals surface area contributed by atoms with Crippen LogP contribution in [0.1, 0.15) is 10.4 Å². The third-order valence-corrected chi connectivity index (χ3v) is 2.31. The lowest BCUT2D eigenvalue weighted by Gasteiger charge is -2.28. The standard InChI is InChI=1S/C8H13N5O2/c1-15-8(14)5-6(9)12-13-7(5)11-4-2-10-3-4/h4,10H,2-3H2,1H3,(H4,9,11,12,13). The van der Waals surface area contributed by atoms with E-state index >= 15 is 0 Å². The summed E-state index contributed by atoms with van der Waals surface area (Å²) in [6.45, 7) is 1.71. The van der Waals surface area contributed by atoms with Crippen LogP contribution in [-0.4, -0.2) is 42.4 Å². The van der Waals surface area contributed by atoms with Crippen LogP contribution in [0.2, 0.25) is 0 Å². The van der Waals surface area contributed by atoms with Crippen molar-refractivity contribution in [3.8, 4) is 0 Å². The average molecular weight is 211 g/mol. The molecule has 82 valence electrons. The van der Waals surface area contributed by atoms with E-state index in [1.807, 2.05) is 0 Å². The normalized spacial score (nSPS) is 15.8. The van der Waals surface area contributed by atoms with Gasteiger partial charge in [0.25, 0.3) is 0 Å². The summed E-state index contributed by atoms with van der Waals surface area (Å²) >= 11 is 0. The van der Waals surface area contributed by atoms with Crippen molar-refractivity contribution >= 4 is 17.6 Å². The number of H-pyrrole nitrogens is 1. The first-order valence-corrected chi connectivity index (χ1v) is 4.61. The minimum Gasteiger partial charge on any atom is -0.465 e. The van der Waals surface area contributed by atoms with E-state index in [1.165, 1.54) is 7.11 Å². The van der Waals surface area contributed by atoms with Gasteiger partial charge in [-0.1, -0.05) is 0 Å². The van der Waals surface area contributed by atoms with Crippen LogP contribution in [0.15, 0.2) is 0 Å². The molecule has 0 saturated carbocycles. The van der Waals surface area contributed by atoms with Crippen LogP contribution < -0.4 is 16.4 Å². The Labute approximate surface area is 86.4 Å². The Morgan fingerprint density at radius 2 is 2.40 bits per heavy atom. The van der Waals surface area contributed by atoms with Gasteiger partial charge in [0.2, 0.25) is 0 Å². The van der Waals surface area contributed by atoms with Gasteiger partial charge in [-0.15, -0.1) is 0 Å². The van der Waals surface area contributed by atoms with E-state index in [0.717, 1.165) is 13.1 Å². The van der Waals surface area contributed by atoms with Crippen molar-refractivity contribution in [2.75, 3.05) is 31.2 Å². The first-order chi connectivity index (χ1) is 7.22. The van der Waals surface area contributed by atoms with Gasteiger partial charge in [0, 0.05) is 13.1 Å². The molecule has 0 atom stereocenters. The lowest BCUT2D eigenvalue weighted by molar-refractivity contribution is 0.0603. The summed E-state index contributed by atoms with van der Waals surface area (Å²) in [6, 6.07) is 0.288. The highest BCUT2D eigenvalue weighted by Crippen LogP contribution is 2.20. The molecular weight excluding hydrogens is 198 g/mol. The minimum atomic E-state index is -0.490. The predicted molar refractivity (Wildman–Crippen MR) is 54.6 cm³/mol. The van der Waals surface area contributed by atoms with Crippen LogP contribution in [0.25, 0.3) is 0 Å². The van der Waals surface area contributed by atoms with E-state index in [1.54, 1.807) is 0 Å². The number of aromatic nitrogens is 2. The number of rotatable bonds is 3. The number of carbonyl (C=O) groups excluding carboxylic acids is 1. The third-order valence-electron chi connectivity index (χ3n) is 2.31. The highest BCUT2D eigenvalue weighted by Gasteiger charge is 2.24. The van der Waals surface area contributed by atoms with Gasteiger partial charge in [-0.2, -0.15) is 5.10 Å². The molecule has 1 fully saturated rings. The Kier molecular flexibility index (Phi) is 2.46. The minimum absolute atomic E-state index is 0.219. The topological polar surface area (TPSA) is 105 Å². The highest BCUT2D eigenvalue weighted by atomic mass is 16.5. The average Bonchev–Trinajstić information content (AvgIpc) is 2.52. The number of carbonyl (C=O) groups is 1. The van der Waals surface area contributed by atoms with E-state index < -0.39 is 5.97 Å². The van der Waals surface area contributed by atoms with Crippen molar-refractivity contribution < 1.29 is 9.53 Å². The van der Waals surface area contributed by atoms with Crippen LogP contribution >= 0.6 is 0 Å². The molecule has 7 heteroatoms. The molecule has 2 rings (SSSR count). The lowest BCUT2D eigenvalue weighted by Crippen LogP contribution is -2.51. The quantitative estimate of drug-likeness (QED) is 0.486. The van der Waals surface area contributed by atoms with Crippen molar-refractivity contribution in [3.05, 3.63) is 5.56 Å². The molecule has 0 aliphatic carbocycles. The number of hydrogen-bond acceptors (Lipinski definition) is 6. The second-order valence-corrected chi connectivity index (χ2v) is 3.35. The van der Waals surface area contributed by atoms with Crippen molar-refractivity contribution in [2.24, 2.45) is 0 Å². The first kappa shape index (κ1) is 9.78. The number of anilines is 2. The summed E-state index contributed by atoms with van der Waals surface area (Å²) in [5.41, 5.74) is 5.85. The summed E-state index contributed by atoms with van der Waals surface area (Å²) < 4.78 is 4.61. The number of nitrogens with two attached hydrogens (primary N) is 1. The van der Waals surface area contributed by atoms with Gasteiger partial charge in [0.15, 0.2) is 5.82 Å². The summed E-state index contributed by atoms with van der Waals surface area (Å²) in [4.78, 5) is 11.4. The van der Waals surface area contributed by atoms with E-state index in [0.29, 0.717) is 5.82 Å². The van der Waals surface area contributed by atoms with Crippen LogP contribution in [-0.2, 0) is 4.74 Å². The monoisotopic (exact) mass is 211 g/mol.